The molecule has 0 aliphatic heterocycles. The SMILES string of the molecule is CC[C@H](C)NC(=O)NC(=O)C[NH+](C)CC(=O)Nc1c(C)cc(C)cc1C. The Morgan fingerprint density at radius 1 is 1.04 bits per heavy atom. The number of aryl methyl sites for hydroxylation is 3. The Morgan fingerprint density at radius 3 is 2.12 bits per heavy atom. The van der Waals surface area contributed by atoms with E-state index >= 15 is 0 Å². The number of hydrogen-bond donors (Lipinski definition) is 4. The number of hydrogen-bond acceptors (Lipinski definition) is 3. The molecule has 4 amide bonds. The van der Waals surface area contributed by atoms with E-state index in [1.54, 1.807) is 7.05 Å². The minimum atomic E-state index is -0.507. The van der Waals surface area contributed by atoms with Gasteiger partial charge in [-0.1, -0.05) is 24.6 Å². The topological polar surface area (TPSA) is 91.7 Å². The molecule has 1 unspecified atom stereocenters. The largest absolute Gasteiger partial charge is 0.335 e. The Labute approximate surface area is 155 Å². The van der Waals surface area contributed by atoms with Crippen molar-refractivity contribution in [2.75, 3.05) is 25.5 Å². The Kier molecular flexibility index (Phi) is 8.25. The van der Waals surface area contributed by atoms with Crippen LogP contribution in [0.15, 0.2) is 12.1 Å². The average Bonchev–Trinajstić information content (AvgIpc) is 2.49. The summed E-state index contributed by atoms with van der Waals surface area (Å²) in [6.07, 6.45) is 0.783. The second kappa shape index (κ2) is 9.91. The molecule has 0 aliphatic carbocycles. The third-order valence-corrected chi connectivity index (χ3v) is 4.11. The van der Waals surface area contributed by atoms with E-state index < -0.39 is 11.9 Å². The minimum absolute atomic E-state index is 0.000331. The van der Waals surface area contributed by atoms with Gasteiger partial charge in [-0.15, -0.1) is 0 Å². The molecule has 0 bridgehead atoms. The number of urea groups is 1. The minimum Gasteiger partial charge on any atom is -0.335 e. The van der Waals surface area contributed by atoms with Crippen LogP contribution in [0.25, 0.3) is 0 Å². The molecular weight excluding hydrogens is 332 g/mol. The maximum atomic E-state index is 12.3. The zero-order valence-electron chi connectivity index (χ0n) is 16.6. The highest BCUT2D eigenvalue weighted by molar-refractivity contribution is 5.95. The van der Waals surface area contributed by atoms with E-state index in [0.717, 1.165) is 28.8 Å². The summed E-state index contributed by atoms with van der Waals surface area (Å²) in [5.74, 6) is -0.590. The zero-order chi connectivity index (χ0) is 19.9. The monoisotopic (exact) mass is 363 g/mol. The Balaban J connectivity index is 2.50. The van der Waals surface area contributed by atoms with Crippen molar-refractivity contribution in [3.05, 3.63) is 28.8 Å². The summed E-state index contributed by atoms with van der Waals surface area (Å²) in [7, 11) is 1.74. The molecule has 0 heterocycles. The summed E-state index contributed by atoms with van der Waals surface area (Å²) in [6.45, 7) is 9.90. The zero-order valence-corrected chi connectivity index (χ0v) is 16.6. The maximum Gasteiger partial charge on any atom is 0.321 e. The van der Waals surface area contributed by atoms with Crippen LogP contribution < -0.4 is 20.9 Å². The first-order valence-corrected chi connectivity index (χ1v) is 8.91. The number of quaternary nitrogens is 1. The van der Waals surface area contributed by atoms with Crippen LogP contribution in [-0.4, -0.2) is 44.0 Å². The third kappa shape index (κ3) is 7.23. The Morgan fingerprint density at radius 2 is 1.58 bits per heavy atom. The van der Waals surface area contributed by atoms with Gasteiger partial charge in [-0.05, 0) is 45.2 Å². The van der Waals surface area contributed by atoms with Crippen LogP contribution >= 0.6 is 0 Å². The van der Waals surface area contributed by atoms with Crippen molar-refractivity contribution in [2.24, 2.45) is 0 Å². The van der Waals surface area contributed by atoms with Crippen molar-refractivity contribution >= 4 is 23.5 Å². The second-order valence-corrected chi connectivity index (χ2v) is 6.96. The molecule has 0 aromatic heterocycles. The lowest BCUT2D eigenvalue weighted by Gasteiger charge is -2.16. The maximum absolute atomic E-state index is 12.3. The van der Waals surface area contributed by atoms with E-state index in [9.17, 15) is 14.4 Å². The first-order valence-electron chi connectivity index (χ1n) is 8.91. The number of carbonyl (C=O) groups is 3. The van der Waals surface area contributed by atoms with Gasteiger partial charge in [0.15, 0.2) is 13.1 Å². The molecule has 2 atom stereocenters. The van der Waals surface area contributed by atoms with Crippen molar-refractivity contribution in [1.82, 2.24) is 10.6 Å². The fraction of sp³-hybridized carbons (Fsp3) is 0.526. The fourth-order valence-electron chi connectivity index (χ4n) is 2.70. The van der Waals surface area contributed by atoms with Gasteiger partial charge in [-0.2, -0.15) is 0 Å². The number of nitrogens with one attached hydrogen (secondary N) is 4. The molecule has 0 fully saturated rings. The number of anilines is 1. The number of imide groups is 1. The molecule has 0 saturated carbocycles. The lowest BCUT2D eigenvalue weighted by atomic mass is 10.1. The van der Waals surface area contributed by atoms with Crippen LogP contribution in [0, 0.1) is 20.8 Å². The number of carbonyl (C=O) groups excluding carboxylic acids is 3. The summed E-state index contributed by atoms with van der Waals surface area (Å²) in [5.41, 5.74) is 3.97. The summed E-state index contributed by atoms with van der Waals surface area (Å²) >= 11 is 0. The van der Waals surface area contributed by atoms with Gasteiger partial charge in [-0.3, -0.25) is 14.9 Å². The molecule has 1 rings (SSSR count). The molecule has 144 valence electrons. The second-order valence-electron chi connectivity index (χ2n) is 6.96. The fourth-order valence-corrected chi connectivity index (χ4v) is 2.70. The summed E-state index contributed by atoms with van der Waals surface area (Å²) in [5, 5.41) is 7.86. The molecule has 0 spiro atoms. The van der Waals surface area contributed by atoms with Crippen LogP contribution in [0.3, 0.4) is 0 Å². The lowest BCUT2D eigenvalue weighted by Crippen LogP contribution is -3.11. The third-order valence-electron chi connectivity index (χ3n) is 4.11. The molecular formula is C19H31N4O3+. The van der Waals surface area contributed by atoms with E-state index in [2.05, 4.69) is 16.0 Å². The van der Waals surface area contributed by atoms with Gasteiger partial charge in [0.25, 0.3) is 11.8 Å². The Bertz CT molecular complexity index is 650. The van der Waals surface area contributed by atoms with Gasteiger partial charge in [0, 0.05) is 11.7 Å². The van der Waals surface area contributed by atoms with Crippen LogP contribution in [0.2, 0.25) is 0 Å². The predicted molar refractivity (Wildman–Crippen MR) is 102 cm³/mol. The van der Waals surface area contributed by atoms with E-state index in [1.165, 1.54) is 0 Å². The van der Waals surface area contributed by atoms with E-state index in [0.29, 0.717) is 4.90 Å². The molecule has 4 N–H and O–H groups in total. The van der Waals surface area contributed by atoms with Crippen LogP contribution in [0.1, 0.15) is 37.0 Å². The smallest absolute Gasteiger partial charge is 0.321 e. The van der Waals surface area contributed by atoms with Gasteiger partial charge in [0.05, 0.1) is 7.05 Å². The molecule has 1 aromatic rings. The summed E-state index contributed by atoms with van der Waals surface area (Å²) < 4.78 is 0. The van der Waals surface area contributed by atoms with Gasteiger partial charge in [0.1, 0.15) is 0 Å². The molecule has 0 aliphatic rings. The standard InChI is InChI=1S/C19H30N4O3/c1-7-15(5)20-19(26)22-17(25)11-23(6)10-16(24)21-18-13(3)8-12(2)9-14(18)4/h8-9,15H,7,10-11H2,1-6H3,(H,21,24)(H2,20,22,25,26)/p+1/t15-/m0/s1. The quantitative estimate of drug-likeness (QED) is 0.574. The van der Waals surface area contributed by atoms with Crippen LogP contribution in [-0.2, 0) is 9.59 Å². The van der Waals surface area contributed by atoms with Gasteiger partial charge >= 0.3 is 6.03 Å². The molecule has 26 heavy (non-hydrogen) atoms. The van der Waals surface area contributed by atoms with Crippen molar-refractivity contribution in [1.29, 1.82) is 0 Å². The van der Waals surface area contributed by atoms with Crippen LogP contribution in [0.4, 0.5) is 10.5 Å². The van der Waals surface area contributed by atoms with Crippen molar-refractivity contribution in [3.63, 3.8) is 0 Å². The molecule has 0 saturated heterocycles. The van der Waals surface area contributed by atoms with Crippen molar-refractivity contribution < 1.29 is 19.3 Å². The van der Waals surface area contributed by atoms with Gasteiger partial charge in [0.2, 0.25) is 0 Å². The van der Waals surface area contributed by atoms with E-state index in [1.807, 2.05) is 46.8 Å². The van der Waals surface area contributed by atoms with Crippen molar-refractivity contribution in [2.45, 2.75) is 47.1 Å². The van der Waals surface area contributed by atoms with Crippen LogP contribution in [0.5, 0.6) is 0 Å². The highest BCUT2D eigenvalue weighted by Gasteiger charge is 2.17. The normalized spacial score (nSPS) is 12.8. The number of benzene rings is 1. The first kappa shape index (κ1) is 21.6. The van der Waals surface area contributed by atoms with Crippen molar-refractivity contribution in [3.8, 4) is 0 Å². The lowest BCUT2D eigenvalue weighted by molar-refractivity contribution is -0.862. The molecule has 0 radical (unpaired) electrons. The molecule has 1 aromatic carbocycles. The highest BCUT2D eigenvalue weighted by Crippen LogP contribution is 2.21. The molecule has 7 nitrogen and oxygen atoms in total. The van der Waals surface area contributed by atoms with E-state index in [-0.39, 0.29) is 25.0 Å². The average molecular weight is 363 g/mol. The summed E-state index contributed by atoms with van der Waals surface area (Å²) in [6, 6.07) is 3.53. The number of amides is 4. The van der Waals surface area contributed by atoms with Gasteiger partial charge < -0.3 is 15.5 Å². The number of likely N-dealkylation sites (N-methyl/N-ethyl adjacent to an activating group) is 1. The van der Waals surface area contributed by atoms with Gasteiger partial charge in [-0.25, -0.2) is 4.79 Å². The summed E-state index contributed by atoms with van der Waals surface area (Å²) in [4.78, 5) is 36.5. The predicted octanol–water partition coefficient (Wildman–Crippen LogP) is 0.689. The van der Waals surface area contributed by atoms with E-state index in [4.69, 9.17) is 0 Å². The first-order chi connectivity index (χ1) is 12.1. The number of rotatable bonds is 7. The Hall–Kier alpha value is -2.41. The molecule has 7 heteroatoms. The highest BCUT2D eigenvalue weighted by atomic mass is 16.2.